The summed E-state index contributed by atoms with van der Waals surface area (Å²) >= 11 is 1.56. The molecule has 0 unspecified atom stereocenters. The van der Waals surface area contributed by atoms with E-state index in [4.69, 9.17) is 11.5 Å². The Kier molecular flexibility index (Phi) is 3.68. The minimum absolute atomic E-state index is 0.169. The molecule has 15 heavy (non-hydrogen) atoms. The summed E-state index contributed by atoms with van der Waals surface area (Å²) < 4.78 is 0. The average molecular weight is 225 g/mol. The van der Waals surface area contributed by atoms with Crippen LogP contribution in [-0.2, 0) is 0 Å². The van der Waals surface area contributed by atoms with Gasteiger partial charge < -0.3 is 16.4 Å². The van der Waals surface area contributed by atoms with E-state index in [-0.39, 0.29) is 5.96 Å². The van der Waals surface area contributed by atoms with Crippen LogP contribution < -0.4 is 11.5 Å². The highest BCUT2D eigenvalue weighted by molar-refractivity contribution is 7.15. The first-order chi connectivity index (χ1) is 6.99. The van der Waals surface area contributed by atoms with E-state index in [0.717, 1.165) is 5.00 Å². The van der Waals surface area contributed by atoms with Gasteiger partial charge in [0, 0.05) is 19.0 Å². The highest BCUT2D eigenvalue weighted by atomic mass is 32.1. The second kappa shape index (κ2) is 4.79. The van der Waals surface area contributed by atoms with Gasteiger partial charge in [-0.05, 0) is 19.1 Å². The molecule has 6 heteroatoms. The predicted octanol–water partition coefficient (Wildman–Crippen LogP) is 0.879. The number of aryl methyl sites for hydroxylation is 1. The van der Waals surface area contributed by atoms with Crippen molar-refractivity contribution in [1.82, 2.24) is 4.90 Å². The van der Waals surface area contributed by atoms with Crippen molar-refractivity contribution in [3.63, 3.8) is 0 Å². The predicted molar refractivity (Wildman–Crippen MR) is 65.6 cm³/mol. The molecule has 0 fully saturated rings. The average Bonchev–Trinajstić information content (AvgIpc) is 2.50. The highest BCUT2D eigenvalue weighted by Gasteiger charge is 1.98. The third-order valence-electron chi connectivity index (χ3n) is 1.64. The number of guanidine groups is 2. The fraction of sp³-hybridized carbons (Fsp3) is 0.333. The third-order valence-corrected chi connectivity index (χ3v) is 2.53. The Morgan fingerprint density at radius 1 is 1.33 bits per heavy atom. The lowest BCUT2D eigenvalue weighted by Crippen LogP contribution is -2.32. The van der Waals surface area contributed by atoms with Crippen molar-refractivity contribution in [3.05, 3.63) is 17.0 Å². The topological polar surface area (TPSA) is 80.0 Å². The molecule has 0 radical (unpaired) electrons. The maximum Gasteiger partial charge on any atom is 0.224 e. The van der Waals surface area contributed by atoms with E-state index < -0.39 is 0 Å². The van der Waals surface area contributed by atoms with E-state index in [1.165, 1.54) is 4.88 Å². The smallest absolute Gasteiger partial charge is 0.224 e. The fourth-order valence-corrected chi connectivity index (χ4v) is 1.58. The number of hydrogen-bond donors (Lipinski definition) is 2. The molecule has 0 bridgehead atoms. The van der Waals surface area contributed by atoms with Gasteiger partial charge >= 0.3 is 0 Å². The Morgan fingerprint density at radius 2 is 2.00 bits per heavy atom. The normalized spacial score (nSPS) is 13.0. The molecule has 0 saturated heterocycles. The zero-order valence-corrected chi connectivity index (χ0v) is 9.88. The highest BCUT2D eigenvalue weighted by Crippen LogP contribution is 2.23. The number of rotatable bonds is 1. The monoisotopic (exact) mass is 225 g/mol. The summed E-state index contributed by atoms with van der Waals surface area (Å²) in [6, 6.07) is 3.88. The second-order valence-electron chi connectivity index (χ2n) is 3.22. The van der Waals surface area contributed by atoms with E-state index in [1.54, 1.807) is 30.3 Å². The van der Waals surface area contributed by atoms with Gasteiger partial charge in [0.25, 0.3) is 0 Å². The summed E-state index contributed by atoms with van der Waals surface area (Å²) in [6.07, 6.45) is 0. The number of nitrogens with two attached hydrogens (primary N) is 2. The quantitative estimate of drug-likeness (QED) is 0.550. The molecule has 0 amide bonds. The molecule has 1 aromatic rings. The van der Waals surface area contributed by atoms with Crippen LogP contribution in [0.2, 0.25) is 0 Å². The lowest BCUT2D eigenvalue weighted by Gasteiger charge is -2.09. The summed E-state index contributed by atoms with van der Waals surface area (Å²) in [5.74, 6) is 0.507. The number of thiophene rings is 1. The molecular formula is C9H15N5S. The SMILES string of the molecule is Cc1ccc(N=C(N)N=C(N)N(C)C)s1. The largest absolute Gasteiger partial charge is 0.369 e. The van der Waals surface area contributed by atoms with Gasteiger partial charge in [-0.3, -0.25) is 0 Å². The Hall–Kier alpha value is -1.56. The summed E-state index contributed by atoms with van der Waals surface area (Å²) in [4.78, 5) is 10.9. The van der Waals surface area contributed by atoms with Crippen LogP contribution >= 0.6 is 11.3 Å². The number of nitrogens with zero attached hydrogens (tertiary/aromatic N) is 3. The van der Waals surface area contributed by atoms with Crippen molar-refractivity contribution in [1.29, 1.82) is 0 Å². The zero-order valence-electron chi connectivity index (χ0n) is 9.06. The van der Waals surface area contributed by atoms with Crippen molar-refractivity contribution in [2.24, 2.45) is 21.5 Å². The van der Waals surface area contributed by atoms with Crippen molar-refractivity contribution in [3.8, 4) is 0 Å². The van der Waals surface area contributed by atoms with Gasteiger partial charge in [0.1, 0.15) is 5.00 Å². The van der Waals surface area contributed by atoms with Gasteiger partial charge in [-0.15, -0.1) is 11.3 Å². The number of aliphatic imine (C=N–C) groups is 2. The lowest BCUT2D eigenvalue weighted by molar-refractivity contribution is 0.615. The molecule has 1 heterocycles. The van der Waals surface area contributed by atoms with Crippen molar-refractivity contribution < 1.29 is 0 Å². The van der Waals surface area contributed by atoms with E-state index in [2.05, 4.69) is 9.98 Å². The second-order valence-corrected chi connectivity index (χ2v) is 4.49. The molecular weight excluding hydrogens is 210 g/mol. The van der Waals surface area contributed by atoms with Crippen LogP contribution in [0.5, 0.6) is 0 Å². The van der Waals surface area contributed by atoms with E-state index in [9.17, 15) is 0 Å². The van der Waals surface area contributed by atoms with Crippen LogP contribution in [0.1, 0.15) is 4.88 Å². The van der Waals surface area contributed by atoms with E-state index in [0.29, 0.717) is 5.96 Å². The first-order valence-corrected chi connectivity index (χ1v) is 5.23. The fourth-order valence-electron chi connectivity index (χ4n) is 0.837. The maximum atomic E-state index is 5.62. The molecule has 1 rings (SSSR count). The Balaban J connectivity index is 2.81. The van der Waals surface area contributed by atoms with Crippen LogP contribution in [0, 0.1) is 6.92 Å². The van der Waals surface area contributed by atoms with Crippen LogP contribution in [0.3, 0.4) is 0 Å². The molecule has 0 atom stereocenters. The summed E-state index contributed by atoms with van der Waals surface area (Å²) in [5, 5.41) is 0.834. The molecule has 5 nitrogen and oxygen atoms in total. The van der Waals surface area contributed by atoms with Gasteiger partial charge in [-0.25, -0.2) is 4.99 Å². The first kappa shape index (κ1) is 11.5. The maximum absolute atomic E-state index is 5.62. The lowest BCUT2D eigenvalue weighted by atomic mass is 10.5. The van der Waals surface area contributed by atoms with Crippen LogP contribution in [-0.4, -0.2) is 30.9 Å². The van der Waals surface area contributed by atoms with Crippen molar-refractivity contribution in [2.75, 3.05) is 14.1 Å². The number of hydrogen-bond acceptors (Lipinski definition) is 2. The molecule has 0 saturated carbocycles. The Morgan fingerprint density at radius 3 is 2.47 bits per heavy atom. The molecule has 0 spiro atoms. The Bertz CT molecular complexity index is 391. The van der Waals surface area contributed by atoms with Gasteiger partial charge in [0.2, 0.25) is 5.96 Å². The zero-order chi connectivity index (χ0) is 11.4. The molecule has 0 aliphatic heterocycles. The third kappa shape index (κ3) is 3.59. The molecule has 1 aromatic heterocycles. The summed E-state index contributed by atoms with van der Waals surface area (Å²) in [7, 11) is 3.59. The first-order valence-electron chi connectivity index (χ1n) is 4.41. The minimum atomic E-state index is 0.169. The molecule has 0 aromatic carbocycles. The van der Waals surface area contributed by atoms with Crippen LogP contribution in [0.25, 0.3) is 0 Å². The molecule has 4 N–H and O–H groups in total. The minimum Gasteiger partial charge on any atom is -0.369 e. The summed E-state index contributed by atoms with van der Waals surface area (Å²) in [5.41, 5.74) is 11.2. The van der Waals surface area contributed by atoms with E-state index >= 15 is 0 Å². The van der Waals surface area contributed by atoms with E-state index in [1.807, 2.05) is 19.1 Å². The van der Waals surface area contributed by atoms with Gasteiger partial charge in [-0.1, -0.05) is 0 Å². The van der Waals surface area contributed by atoms with Crippen molar-refractivity contribution >= 4 is 28.3 Å². The van der Waals surface area contributed by atoms with Crippen LogP contribution in [0.15, 0.2) is 22.1 Å². The van der Waals surface area contributed by atoms with Gasteiger partial charge in [-0.2, -0.15) is 4.99 Å². The molecule has 0 aliphatic carbocycles. The van der Waals surface area contributed by atoms with Crippen molar-refractivity contribution in [2.45, 2.75) is 6.92 Å². The summed E-state index contributed by atoms with van der Waals surface area (Å²) in [6.45, 7) is 2.01. The van der Waals surface area contributed by atoms with Crippen LogP contribution in [0.4, 0.5) is 5.00 Å². The van der Waals surface area contributed by atoms with Gasteiger partial charge in [0.05, 0.1) is 0 Å². The van der Waals surface area contributed by atoms with Gasteiger partial charge in [0.15, 0.2) is 5.96 Å². The molecule has 82 valence electrons. The standard InChI is InChI=1S/C9H15N5S/c1-6-4-5-7(15-6)12-8(10)13-9(11)14(2)3/h4-5H,1-3H3,(H4,10,11,12,13). The Labute approximate surface area is 93.1 Å². The molecule has 0 aliphatic rings.